The van der Waals surface area contributed by atoms with Crippen LogP contribution in [0.1, 0.15) is 11.7 Å². The Kier molecular flexibility index (Phi) is 4.45. The third-order valence-electron chi connectivity index (χ3n) is 3.38. The standard InChI is InChI=1S/C15H14ClNO5S/c16-11-3-1-10(2-4-11)13(18)8-17-23(19,20)12-5-6-14-15(7-12)22-9-21-14/h1-7,13,17-18H,8-9H2. The van der Waals surface area contributed by atoms with Crippen LogP contribution < -0.4 is 14.2 Å². The van der Waals surface area contributed by atoms with Crippen LogP contribution in [0.5, 0.6) is 11.5 Å². The van der Waals surface area contributed by atoms with E-state index in [0.29, 0.717) is 22.1 Å². The molecule has 0 fully saturated rings. The number of fused-ring (bicyclic) bond motifs is 1. The Morgan fingerprint density at radius 1 is 1.13 bits per heavy atom. The molecule has 2 aromatic carbocycles. The van der Waals surface area contributed by atoms with E-state index in [1.807, 2.05) is 0 Å². The molecule has 2 aromatic rings. The molecule has 6 nitrogen and oxygen atoms in total. The van der Waals surface area contributed by atoms with E-state index < -0.39 is 16.1 Å². The average molecular weight is 356 g/mol. The summed E-state index contributed by atoms with van der Waals surface area (Å²) in [5.41, 5.74) is 0.572. The van der Waals surface area contributed by atoms with Gasteiger partial charge in [0.15, 0.2) is 11.5 Å². The Morgan fingerprint density at radius 3 is 2.57 bits per heavy atom. The lowest BCUT2D eigenvalue weighted by Crippen LogP contribution is -2.28. The summed E-state index contributed by atoms with van der Waals surface area (Å²) in [5, 5.41) is 10.6. The monoisotopic (exact) mass is 355 g/mol. The first-order valence-corrected chi connectivity index (χ1v) is 8.65. The number of aliphatic hydroxyl groups excluding tert-OH is 1. The molecule has 8 heteroatoms. The number of rotatable bonds is 5. The number of sulfonamides is 1. The maximum atomic E-state index is 12.3. The third-order valence-corrected chi connectivity index (χ3v) is 5.05. The van der Waals surface area contributed by atoms with Gasteiger partial charge in [-0.1, -0.05) is 23.7 Å². The summed E-state index contributed by atoms with van der Waals surface area (Å²) in [6.45, 7) is -0.0834. The molecule has 0 aliphatic carbocycles. The average Bonchev–Trinajstić information content (AvgIpc) is 3.01. The maximum absolute atomic E-state index is 12.3. The fraction of sp³-hybridized carbons (Fsp3) is 0.200. The highest BCUT2D eigenvalue weighted by Crippen LogP contribution is 2.33. The van der Waals surface area contributed by atoms with Crippen LogP contribution in [0, 0.1) is 0 Å². The van der Waals surface area contributed by atoms with Gasteiger partial charge in [-0.25, -0.2) is 13.1 Å². The van der Waals surface area contributed by atoms with E-state index in [1.165, 1.54) is 18.2 Å². The van der Waals surface area contributed by atoms with Gasteiger partial charge in [-0.3, -0.25) is 0 Å². The number of aliphatic hydroxyl groups is 1. The summed E-state index contributed by atoms with van der Waals surface area (Å²) in [6.07, 6.45) is -0.976. The molecule has 0 radical (unpaired) electrons. The first-order valence-electron chi connectivity index (χ1n) is 6.78. The van der Waals surface area contributed by atoms with Gasteiger partial charge in [-0.2, -0.15) is 0 Å². The summed E-state index contributed by atoms with van der Waals surface area (Å²) >= 11 is 5.78. The van der Waals surface area contributed by atoms with E-state index in [9.17, 15) is 13.5 Å². The second-order valence-electron chi connectivity index (χ2n) is 4.93. The minimum Gasteiger partial charge on any atom is -0.454 e. The van der Waals surface area contributed by atoms with Crippen molar-refractivity contribution in [1.82, 2.24) is 4.72 Å². The zero-order valence-corrected chi connectivity index (χ0v) is 13.5. The SMILES string of the molecule is O=S(=O)(NCC(O)c1ccc(Cl)cc1)c1ccc2c(c1)OCO2. The zero-order chi connectivity index (χ0) is 16.4. The van der Waals surface area contributed by atoms with Crippen molar-refractivity contribution in [3.63, 3.8) is 0 Å². The van der Waals surface area contributed by atoms with Gasteiger partial charge >= 0.3 is 0 Å². The molecular formula is C15H14ClNO5S. The number of halogens is 1. The molecule has 0 saturated carbocycles. The molecule has 122 valence electrons. The molecule has 0 aromatic heterocycles. The van der Waals surface area contributed by atoms with Gasteiger partial charge in [-0.05, 0) is 29.8 Å². The summed E-state index contributed by atoms with van der Waals surface area (Å²) in [7, 11) is -3.76. The van der Waals surface area contributed by atoms with Crippen LogP contribution in [0.3, 0.4) is 0 Å². The van der Waals surface area contributed by atoms with Gasteiger partial charge in [0.2, 0.25) is 16.8 Å². The maximum Gasteiger partial charge on any atom is 0.240 e. The number of benzene rings is 2. The molecule has 23 heavy (non-hydrogen) atoms. The largest absolute Gasteiger partial charge is 0.454 e. The Labute approximate surface area is 138 Å². The summed E-state index contributed by atoms with van der Waals surface area (Å²) in [4.78, 5) is 0.0463. The van der Waals surface area contributed by atoms with Crippen molar-refractivity contribution < 1.29 is 23.0 Å². The predicted octanol–water partition coefficient (Wildman–Crippen LogP) is 2.08. The molecule has 1 unspecified atom stereocenters. The Bertz CT molecular complexity index is 807. The van der Waals surface area contributed by atoms with Gasteiger partial charge < -0.3 is 14.6 Å². The van der Waals surface area contributed by atoms with Crippen molar-refractivity contribution in [2.45, 2.75) is 11.0 Å². The van der Waals surface area contributed by atoms with Crippen LogP contribution in [0.15, 0.2) is 47.4 Å². The molecule has 1 aliphatic rings. The van der Waals surface area contributed by atoms with E-state index in [-0.39, 0.29) is 18.2 Å². The zero-order valence-electron chi connectivity index (χ0n) is 11.9. The van der Waals surface area contributed by atoms with Crippen molar-refractivity contribution >= 4 is 21.6 Å². The molecule has 2 N–H and O–H groups in total. The minimum absolute atomic E-state index is 0.0463. The number of nitrogens with one attached hydrogen (secondary N) is 1. The van der Waals surface area contributed by atoms with Crippen LogP contribution in [0.25, 0.3) is 0 Å². The topological polar surface area (TPSA) is 84.9 Å². The number of hydrogen-bond donors (Lipinski definition) is 2. The molecule has 0 amide bonds. The van der Waals surface area contributed by atoms with E-state index in [0.717, 1.165) is 0 Å². The second-order valence-corrected chi connectivity index (χ2v) is 7.14. The molecule has 0 spiro atoms. The minimum atomic E-state index is -3.76. The lowest BCUT2D eigenvalue weighted by Gasteiger charge is -2.13. The van der Waals surface area contributed by atoms with Crippen molar-refractivity contribution in [3.8, 4) is 11.5 Å². The second kappa shape index (κ2) is 6.37. The normalized spacial score (nSPS) is 14.7. The van der Waals surface area contributed by atoms with Crippen LogP contribution in [-0.2, 0) is 10.0 Å². The molecule has 1 atom stereocenters. The van der Waals surface area contributed by atoms with E-state index >= 15 is 0 Å². The smallest absolute Gasteiger partial charge is 0.240 e. The molecule has 0 bridgehead atoms. The quantitative estimate of drug-likeness (QED) is 0.857. The highest BCUT2D eigenvalue weighted by atomic mass is 35.5. The predicted molar refractivity (Wildman–Crippen MR) is 84.2 cm³/mol. The van der Waals surface area contributed by atoms with Crippen LogP contribution in [0.4, 0.5) is 0 Å². The lowest BCUT2D eigenvalue weighted by atomic mass is 10.1. The van der Waals surface area contributed by atoms with Crippen molar-refractivity contribution in [2.75, 3.05) is 13.3 Å². The van der Waals surface area contributed by atoms with E-state index in [4.69, 9.17) is 21.1 Å². The first kappa shape index (κ1) is 16.1. The molecule has 1 heterocycles. The Morgan fingerprint density at radius 2 is 1.83 bits per heavy atom. The highest BCUT2D eigenvalue weighted by molar-refractivity contribution is 7.89. The van der Waals surface area contributed by atoms with Crippen molar-refractivity contribution in [2.24, 2.45) is 0 Å². The van der Waals surface area contributed by atoms with E-state index in [2.05, 4.69) is 4.72 Å². The van der Waals surface area contributed by atoms with Crippen LogP contribution in [0.2, 0.25) is 5.02 Å². The fourth-order valence-corrected chi connectivity index (χ4v) is 3.30. The first-order chi connectivity index (χ1) is 11.0. The lowest BCUT2D eigenvalue weighted by molar-refractivity contribution is 0.174. The summed E-state index contributed by atoms with van der Waals surface area (Å²) in [6, 6.07) is 10.9. The van der Waals surface area contributed by atoms with Gasteiger partial charge in [-0.15, -0.1) is 0 Å². The fourth-order valence-electron chi connectivity index (χ4n) is 2.12. The third kappa shape index (κ3) is 3.59. The van der Waals surface area contributed by atoms with Crippen LogP contribution >= 0.6 is 11.6 Å². The molecule has 3 rings (SSSR count). The summed E-state index contributed by atoms with van der Waals surface area (Å²) in [5.74, 6) is 0.885. The highest BCUT2D eigenvalue weighted by Gasteiger charge is 2.21. The van der Waals surface area contributed by atoms with Gasteiger partial charge in [0.05, 0.1) is 11.0 Å². The van der Waals surface area contributed by atoms with Gasteiger partial charge in [0.1, 0.15) is 0 Å². The number of ether oxygens (including phenoxy) is 2. The van der Waals surface area contributed by atoms with Gasteiger partial charge in [0.25, 0.3) is 0 Å². The Hall–Kier alpha value is -1.80. The summed E-state index contributed by atoms with van der Waals surface area (Å²) < 4.78 is 37.2. The number of hydrogen-bond acceptors (Lipinski definition) is 5. The Balaban J connectivity index is 1.70. The van der Waals surface area contributed by atoms with Crippen molar-refractivity contribution in [3.05, 3.63) is 53.1 Å². The van der Waals surface area contributed by atoms with Gasteiger partial charge in [0, 0.05) is 17.6 Å². The molecule has 1 aliphatic heterocycles. The van der Waals surface area contributed by atoms with Crippen molar-refractivity contribution in [1.29, 1.82) is 0 Å². The van der Waals surface area contributed by atoms with E-state index in [1.54, 1.807) is 24.3 Å². The van der Waals surface area contributed by atoms with Crippen LogP contribution in [-0.4, -0.2) is 26.9 Å². The molecular weight excluding hydrogens is 342 g/mol. The molecule has 0 saturated heterocycles.